The van der Waals surface area contributed by atoms with Crippen LogP contribution in [0.15, 0.2) is 12.1 Å². The third kappa shape index (κ3) is 4.44. The molecule has 2 amide bonds. The van der Waals surface area contributed by atoms with Crippen molar-refractivity contribution in [2.24, 2.45) is 5.92 Å². The molecule has 8 nitrogen and oxygen atoms in total. The molecule has 1 aliphatic rings. The minimum absolute atomic E-state index is 0.0804. The number of nitrogens with one attached hydrogen (secondary N) is 1. The lowest BCUT2D eigenvalue weighted by Crippen LogP contribution is -2.52. The molecule has 0 bridgehead atoms. The lowest BCUT2D eigenvalue weighted by molar-refractivity contribution is -0.136. The minimum atomic E-state index is -0.150. The van der Waals surface area contributed by atoms with Gasteiger partial charge >= 0.3 is 0 Å². The second-order valence-electron chi connectivity index (χ2n) is 6.46. The highest BCUT2D eigenvalue weighted by Crippen LogP contribution is 2.40. The summed E-state index contributed by atoms with van der Waals surface area (Å²) < 4.78 is 16.0. The number of benzene rings is 1. The van der Waals surface area contributed by atoms with Crippen molar-refractivity contribution in [3.63, 3.8) is 0 Å². The van der Waals surface area contributed by atoms with Crippen LogP contribution >= 0.6 is 0 Å². The Hall–Kier alpha value is -2.48. The lowest BCUT2D eigenvalue weighted by Gasteiger charge is -2.36. The highest BCUT2D eigenvalue weighted by molar-refractivity contribution is 5.98. The van der Waals surface area contributed by atoms with Gasteiger partial charge in [0.05, 0.1) is 26.9 Å². The first-order chi connectivity index (χ1) is 13.0. The number of hydrogen-bond donors (Lipinski definition) is 1. The van der Waals surface area contributed by atoms with E-state index >= 15 is 0 Å². The van der Waals surface area contributed by atoms with Crippen LogP contribution in [0.3, 0.4) is 0 Å². The van der Waals surface area contributed by atoms with Crippen LogP contribution in [0.5, 0.6) is 17.2 Å². The van der Waals surface area contributed by atoms with E-state index in [0.717, 1.165) is 0 Å². The van der Waals surface area contributed by atoms with E-state index in [0.29, 0.717) is 55.5 Å². The van der Waals surface area contributed by atoms with Crippen LogP contribution in [-0.4, -0.2) is 82.7 Å². The van der Waals surface area contributed by atoms with Gasteiger partial charge in [-0.2, -0.15) is 0 Å². The molecule has 27 heavy (non-hydrogen) atoms. The van der Waals surface area contributed by atoms with E-state index in [9.17, 15) is 9.59 Å². The van der Waals surface area contributed by atoms with Crippen molar-refractivity contribution in [1.29, 1.82) is 0 Å². The number of amides is 2. The van der Waals surface area contributed by atoms with Gasteiger partial charge in [0, 0.05) is 38.6 Å². The van der Waals surface area contributed by atoms with Crippen molar-refractivity contribution in [3.8, 4) is 17.2 Å². The van der Waals surface area contributed by atoms with Crippen molar-refractivity contribution < 1.29 is 23.8 Å². The van der Waals surface area contributed by atoms with Crippen LogP contribution in [-0.2, 0) is 4.79 Å². The van der Waals surface area contributed by atoms with E-state index in [2.05, 4.69) is 5.32 Å². The maximum atomic E-state index is 13.0. The first-order valence-corrected chi connectivity index (χ1v) is 9.00. The Balaban J connectivity index is 2.11. The average molecular weight is 379 g/mol. The van der Waals surface area contributed by atoms with Crippen LogP contribution in [0.2, 0.25) is 0 Å². The Bertz CT molecular complexity index is 672. The zero-order valence-corrected chi connectivity index (χ0v) is 16.7. The van der Waals surface area contributed by atoms with Gasteiger partial charge in [-0.25, -0.2) is 0 Å². The molecule has 2 rings (SSSR count). The van der Waals surface area contributed by atoms with Gasteiger partial charge in [-0.3, -0.25) is 9.59 Å². The Morgan fingerprint density at radius 1 is 1.00 bits per heavy atom. The smallest absolute Gasteiger partial charge is 0.257 e. The van der Waals surface area contributed by atoms with E-state index in [1.165, 1.54) is 21.3 Å². The van der Waals surface area contributed by atoms with E-state index in [-0.39, 0.29) is 17.7 Å². The number of rotatable bonds is 7. The fourth-order valence-corrected chi connectivity index (χ4v) is 3.28. The molecule has 8 heteroatoms. The first-order valence-electron chi connectivity index (χ1n) is 9.00. The van der Waals surface area contributed by atoms with Gasteiger partial charge in [-0.05, 0) is 19.2 Å². The van der Waals surface area contributed by atoms with Crippen molar-refractivity contribution in [3.05, 3.63) is 17.7 Å². The second kappa shape index (κ2) is 9.45. The Morgan fingerprint density at radius 2 is 1.59 bits per heavy atom. The number of piperazine rings is 1. The summed E-state index contributed by atoms with van der Waals surface area (Å²) in [5.74, 6) is 1.12. The SMILES string of the molecule is CNCC(C)C(=O)N1CCN(C(=O)c2ccc(OC)c(OC)c2OC)CC1. The topological polar surface area (TPSA) is 80.3 Å². The van der Waals surface area contributed by atoms with Gasteiger partial charge in [0.2, 0.25) is 11.7 Å². The van der Waals surface area contributed by atoms with Crippen LogP contribution in [0.25, 0.3) is 0 Å². The normalized spacial score (nSPS) is 15.3. The molecule has 1 fully saturated rings. The van der Waals surface area contributed by atoms with E-state index in [4.69, 9.17) is 14.2 Å². The zero-order chi connectivity index (χ0) is 20.0. The summed E-state index contributed by atoms with van der Waals surface area (Å²) in [6.45, 7) is 4.55. The molecular weight excluding hydrogens is 350 g/mol. The van der Waals surface area contributed by atoms with Gasteiger partial charge in [0.1, 0.15) is 0 Å². The van der Waals surface area contributed by atoms with E-state index in [1.54, 1.807) is 17.0 Å². The highest BCUT2D eigenvalue weighted by Gasteiger charge is 2.29. The maximum absolute atomic E-state index is 13.0. The zero-order valence-electron chi connectivity index (χ0n) is 16.7. The Kier molecular flexibility index (Phi) is 7.29. The van der Waals surface area contributed by atoms with Crippen LogP contribution in [0.1, 0.15) is 17.3 Å². The van der Waals surface area contributed by atoms with Crippen molar-refractivity contribution in [2.75, 3.05) is 61.1 Å². The Labute approximate surface area is 160 Å². The van der Waals surface area contributed by atoms with Crippen LogP contribution < -0.4 is 19.5 Å². The molecular formula is C19H29N3O5. The molecule has 0 aromatic heterocycles. The minimum Gasteiger partial charge on any atom is -0.493 e. The monoisotopic (exact) mass is 379 g/mol. The molecule has 0 saturated carbocycles. The summed E-state index contributed by atoms with van der Waals surface area (Å²) >= 11 is 0. The summed E-state index contributed by atoms with van der Waals surface area (Å²) in [4.78, 5) is 29.0. The third-order valence-electron chi connectivity index (χ3n) is 4.75. The average Bonchev–Trinajstić information content (AvgIpc) is 2.71. The fourth-order valence-electron chi connectivity index (χ4n) is 3.28. The first kappa shape index (κ1) is 20.8. The molecule has 1 atom stereocenters. The number of hydrogen-bond acceptors (Lipinski definition) is 6. The van der Waals surface area contributed by atoms with Gasteiger partial charge in [0.15, 0.2) is 11.5 Å². The van der Waals surface area contributed by atoms with E-state index in [1.807, 2.05) is 18.9 Å². The summed E-state index contributed by atoms with van der Waals surface area (Å²) in [6.07, 6.45) is 0. The van der Waals surface area contributed by atoms with Crippen LogP contribution in [0, 0.1) is 5.92 Å². The number of nitrogens with zero attached hydrogens (tertiary/aromatic N) is 2. The van der Waals surface area contributed by atoms with Gasteiger partial charge in [-0.15, -0.1) is 0 Å². The molecule has 1 heterocycles. The molecule has 1 saturated heterocycles. The van der Waals surface area contributed by atoms with Gasteiger partial charge < -0.3 is 29.3 Å². The summed E-state index contributed by atoms with van der Waals surface area (Å²) in [6, 6.07) is 3.36. The van der Waals surface area contributed by atoms with Gasteiger partial charge in [-0.1, -0.05) is 6.92 Å². The van der Waals surface area contributed by atoms with Crippen molar-refractivity contribution in [2.45, 2.75) is 6.92 Å². The number of carbonyl (C=O) groups is 2. The lowest BCUT2D eigenvalue weighted by atomic mass is 10.1. The molecule has 1 N–H and O–H groups in total. The predicted octanol–water partition coefficient (Wildman–Crippen LogP) is 0.852. The summed E-state index contributed by atoms with van der Waals surface area (Å²) in [7, 11) is 6.36. The standard InChI is InChI=1S/C19H29N3O5/c1-13(12-20-2)18(23)21-8-10-22(11-9-21)19(24)14-6-7-15(25-3)17(27-5)16(14)26-4/h6-7,13,20H,8-12H2,1-5H3. The number of ether oxygens (including phenoxy) is 3. The van der Waals surface area contributed by atoms with Gasteiger partial charge in [0.25, 0.3) is 5.91 Å². The molecule has 1 unspecified atom stereocenters. The molecule has 1 aromatic rings. The second-order valence-corrected chi connectivity index (χ2v) is 6.46. The molecule has 0 spiro atoms. The maximum Gasteiger partial charge on any atom is 0.257 e. The predicted molar refractivity (Wildman–Crippen MR) is 102 cm³/mol. The molecule has 0 aliphatic carbocycles. The number of carbonyl (C=O) groups excluding carboxylic acids is 2. The third-order valence-corrected chi connectivity index (χ3v) is 4.75. The quantitative estimate of drug-likeness (QED) is 0.757. The largest absolute Gasteiger partial charge is 0.493 e. The van der Waals surface area contributed by atoms with Crippen molar-refractivity contribution >= 4 is 11.8 Å². The molecule has 1 aliphatic heterocycles. The highest BCUT2D eigenvalue weighted by atomic mass is 16.5. The molecule has 1 aromatic carbocycles. The molecule has 0 radical (unpaired) electrons. The summed E-state index contributed by atoms with van der Waals surface area (Å²) in [5, 5.41) is 3.02. The Morgan fingerprint density at radius 3 is 2.11 bits per heavy atom. The fraction of sp³-hybridized carbons (Fsp3) is 0.579. The number of methoxy groups -OCH3 is 3. The van der Waals surface area contributed by atoms with E-state index < -0.39 is 0 Å². The summed E-state index contributed by atoms with van der Waals surface area (Å²) in [5.41, 5.74) is 0.415. The van der Waals surface area contributed by atoms with Crippen LogP contribution in [0.4, 0.5) is 0 Å². The van der Waals surface area contributed by atoms with Crippen molar-refractivity contribution in [1.82, 2.24) is 15.1 Å². The molecule has 150 valence electrons.